The van der Waals surface area contributed by atoms with Crippen LogP contribution in [0, 0.1) is 24.7 Å². The molecule has 1 atom stereocenters. The SMILES string of the molecule is CCc1c(-c2ccc(NC(=O)[C@@H](NC(=O)c3ccnn3CCCOC)[C@H]3CC[C@H](C)CC3)nc2F)c(C)nn1COCC[Si](C)(C)C. The van der Waals surface area contributed by atoms with Gasteiger partial charge in [0.25, 0.3) is 5.91 Å². The zero-order chi connectivity index (χ0) is 34.1. The van der Waals surface area contributed by atoms with Crippen molar-refractivity contribution < 1.29 is 23.5 Å². The molecule has 0 radical (unpaired) electrons. The van der Waals surface area contributed by atoms with E-state index in [1.165, 1.54) is 0 Å². The minimum atomic E-state index is -1.22. The Morgan fingerprint density at radius 1 is 1.11 bits per heavy atom. The van der Waals surface area contributed by atoms with Crippen LogP contribution in [-0.4, -0.2) is 70.8 Å². The first kappa shape index (κ1) is 36.4. The van der Waals surface area contributed by atoms with E-state index in [1.807, 2.05) is 13.8 Å². The van der Waals surface area contributed by atoms with Crippen LogP contribution in [-0.2, 0) is 34.0 Å². The number of carbonyl (C=O) groups is 2. The van der Waals surface area contributed by atoms with Crippen molar-refractivity contribution in [2.75, 3.05) is 25.6 Å². The number of halogens is 1. The molecular formula is C34H52FN7O4Si. The first-order valence-electron chi connectivity index (χ1n) is 16.8. The number of ether oxygens (including phenoxy) is 2. The van der Waals surface area contributed by atoms with Crippen LogP contribution in [0.15, 0.2) is 24.4 Å². The Balaban J connectivity index is 1.50. The Kier molecular flexibility index (Phi) is 12.9. The Morgan fingerprint density at radius 2 is 1.85 bits per heavy atom. The Labute approximate surface area is 279 Å². The van der Waals surface area contributed by atoms with E-state index in [-0.39, 0.29) is 17.6 Å². The van der Waals surface area contributed by atoms with E-state index in [2.05, 4.69) is 52.4 Å². The van der Waals surface area contributed by atoms with Gasteiger partial charge in [0.15, 0.2) is 0 Å². The number of aromatic nitrogens is 5. The van der Waals surface area contributed by atoms with E-state index in [1.54, 1.807) is 40.9 Å². The summed E-state index contributed by atoms with van der Waals surface area (Å²) in [5.41, 5.74) is 2.93. The summed E-state index contributed by atoms with van der Waals surface area (Å²) in [6.07, 6.45) is 6.45. The predicted octanol–water partition coefficient (Wildman–Crippen LogP) is 6.06. The summed E-state index contributed by atoms with van der Waals surface area (Å²) < 4.78 is 30.2. The maximum atomic E-state index is 15.7. The molecule has 13 heteroatoms. The highest BCUT2D eigenvalue weighted by molar-refractivity contribution is 6.76. The molecular weight excluding hydrogens is 618 g/mol. The predicted molar refractivity (Wildman–Crippen MR) is 183 cm³/mol. The minimum Gasteiger partial charge on any atom is -0.385 e. The van der Waals surface area contributed by atoms with Crippen LogP contribution in [0.3, 0.4) is 0 Å². The summed E-state index contributed by atoms with van der Waals surface area (Å²) in [6, 6.07) is 5.12. The lowest BCUT2D eigenvalue weighted by Gasteiger charge is -2.32. The van der Waals surface area contributed by atoms with Gasteiger partial charge in [-0.1, -0.05) is 46.3 Å². The highest BCUT2D eigenvalue weighted by Gasteiger charge is 2.34. The summed E-state index contributed by atoms with van der Waals surface area (Å²) in [6.45, 7) is 15.0. The van der Waals surface area contributed by atoms with Gasteiger partial charge in [0, 0.05) is 58.0 Å². The molecule has 1 aliphatic rings. The maximum absolute atomic E-state index is 15.7. The standard InChI is InChI=1S/C34H52FN7O4Si/c1-8-27-30(24(3)40-42(27)22-46-20-21-47(5,6)7)26-14-15-29(37-32(26)35)38-34(44)31(25-12-10-23(2)11-13-25)39-33(43)28-16-17-36-41(28)18-9-19-45-4/h14-17,23,25,31H,8-13,18-22H2,1-7H3,(H,39,43)(H,37,38,44)/t23-,25-,31-/m0/s1. The van der Waals surface area contributed by atoms with Gasteiger partial charge in [-0.25, -0.2) is 9.67 Å². The third-order valence-corrected chi connectivity index (χ3v) is 10.6. The molecule has 1 aliphatic carbocycles. The van der Waals surface area contributed by atoms with Crippen molar-refractivity contribution in [2.45, 2.75) is 104 Å². The normalized spacial score (nSPS) is 17.4. The van der Waals surface area contributed by atoms with Crippen molar-refractivity contribution in [1.29, 1.82) is 0 Å². The molecule has 0 saturated heterocycles. The van der Waals surface area contributed by atoms with Gasteiger partial charge in [0.1, 0.15) is 24.3 Å². The fourth-order valence-electron chi connectivity index (χ4n) is 6.16. The van der Waals surface area contributed by atoms with E-state index >= 15 is 4.39 Å². The van der Waals surface area contributed by atoms with E-state index in [0.717, 1.165) is 37.4 Å². The summed E-state index contributed by atoms with van der Waals surface area (Å²) in [7, 11) is 0.409. The van der Waals surface area contributed by atoms with Gasteiger partial charge in [0.2, 0.25) is 11.9 Å². The molecule has 3 aromatic heterocycles. The number of pyridine rings is 1. The van der Waals surface area contributed by atoms with Gasteiger partial charge in [0.05, 0.1) is 5.69 Å². The van der Waals surface area contributed by atoms with Crippen LogP contribution < -0.4 is 10.6 Å². The number of anilines is 1. The zero-order valence-electron chi connectivity index (χ0n) is 29.1. The summed E-state index contributed by atoms with van der Waals surface area (Å²) >= 11 is 0. The second-order valence-corrected chi connectivity index (χ2v) is 19.5. The lowest BCUT2D eigenvalue weighted by Crippen LogP contribution is -2.49. The van der Waals surface area contributed by atoms with Crippen LogP contribution in [0.1, 0.15) is 67.8 Å². The van der Waals surface area contributed by atoms with Gasteiger partial charge in [-0.05, 0) is 68.7 Å². The number of nitrogens with zero attached hydrogens (tertiary/aromatic N) is 5. The molecule has 1 saturated carbocycles. The van der Waals surface area contributed by atoms with E-state index in [9.17, 15) is 9.59 Å². The van der Waals surface area contributed by atoms with Crippen LogP contribution in [0.25, 0.3) is 11.1 Å². The van der Waals surface area contributed by atoms with Crippen LogP contribution in [0.2, 0.25) is 25.7 Å². The highest BCUT2D eigenvalue weighted by Crippen LogP contribution is 2.32. The molecule has 2 amide bonds. The minimum absolute atomic E-state index is 0.0577. The number of amides is 2. The third kappa shape index (κ3) is 9.80. The summed E-state index contributed by atoms with van der Waals surface area (Å²) in [5, 5.41) is 14.7. The quantitative estimate of drug-likeness (QED) is 0.108. The molecule has 47 heavy (non-hydrogen) atoms. The molecule has 2 N–H and O–H groups in total. The first-order chi connectivity index (χ1) is 22.4. The zero-order valence-corrected chi connectivity index (χ0v) is 30.1. The average Bonchev–Trinajstić information content (AvgIpc) is 3.62. The Bertz CT molecular complexity index is 1490. The first-order valence-corrected chi connectivity index (χ1v) is 20.6. The molecule has 0 aliphatic heterocycles. The monoisotopic (exact) mass is 669 g/mol. The van der Waals surface area contributed by atoms with E-state index in [4.69, 9.17) is 9.47 Å². The number of nitrogens with one attached hydrogen (secondary N) is 2. The molecule has 0 aromatic carbocycles. The van der Waals surface area contributed by atoms with Gasteiger partial charge >= 0.3 is 0 Å². The average molecular weight is 670 g/mol. The van der Waals surface area contributed by atoms with Crippen molar-refractivity contribution in [3.05, 3.63) is 47.4 Å². The Hall–Kier alpha value is -3.42. The van der Waals surface area contributed by atoms with Crippen molar-refractivity contribution >= 4 is 25.7 Å². The summed E-state index contributed by atoms with van der Waals surface area (Å²) in [5.74, 6) is -0.908. The second-order valence-electron chi connectivity index (χ2n) is 13.9. The summed E-state index contributed by atoms with van der Waals surface area (Å²) in [4.78, 5) is 31.3. The number of carbonyl (C=O) groups excluding carboxylic acids is 2. The number of rotatable bonds is 16. The number of methoxy groups -OCH3 is 1. The van der Waals surface area contributed by atoms with Crippen molar-refractivity contribution in [1.82, 2.24) is 29.9 Å². The second kappa shape index (κ2) is 16.6. The van der Waals surface area contributed by atoms with Crippen molar-refractivity contribution in [3.8, 4) is 11.1 Å². The van der Waals surface area contributed by atoms with Crippen LogP contribution >= 0.6 is 0 Å². The largest absolute Gasteiger partial charge is 0.385 e. The number of hydrogen-bond acceptors (Lipinski definition) is 7. The van der Waals surface area contributed by atoms with Gasteiger partial charge in [-0.2, -0.15) is 14.6 Å². The van der Waals surface area contributed by atoms with E-state index in [0.29, 0.717) is 67.8 Å². The topological polar surface area (TPSA) is 125 Å². The molecule has 4 rings (SSSR count). The molecule has 11 nitrogen and oxygen atoms in total. The highest BCUT2D eigenvalue weighted by atomic mass is 28.3. The molecule has 3 aromatic rings. The van der Waals surface area contributed by atoms with Gasteiger partial charge < -0.3 is 20.1 Å². The smallest absolute Gasteiger partial charge is 0.270 e. The van der Waals surface area contributed by atoms with Crippen molar-refractivity contribution in [2.24, 2.45) is 11.8 Å². The van der Waals surface area contributed by atoms with Gasteiger partial charge in [-0.15, -0.1) is 0 Å². The van der Waals surface area contributed by atoms with E-state index < -0.39 is 26.0 Å². The number of aryl methyl sites for hydroxylation is 2. The molecule has 0 bridgehead atoms. The Morgan fingerprint density at radius 3 is 2.51 bits per heavy atom. The fourth-order valence-corrected chi connectivity index (χ4v) is 6.92. The maximum Gasteiger partial charge on any atom is 0.270 e. The van der Waals surface area contributed by atoms with Crippen molar-refractivity contribution in [3.63, 3.8) is 0 Å². The number of hydrogen-bond donors (Lipinski definition) is 2. The molecule has 3 heterocycles. The molecule has 0 unspecified atom stereocenters. The lowest BCUT2D eigenvalue weighted by molar-refractivity contribution is -0.119. The third-order valence-electron chi connectivity index (χ3n) is 8.92. The van der Waals surface area contributed by atoms with Crippen LogP contribution in [0.4, 0.5) is 10.2 Å². The molecule has 1 fully saturated rings. The van der Waals surface area contributed by atoms with Gasteiger partial charge in [-0.3, -0.25) is 14.3 Å². The molecule has 258 valence electrons. The fraction of sp³-hybridized carbons (Fsp3) is 0.618. The van der Waals surface area contributed by atoms with Crippen LogP contribution in [0.5, 0.6) is 0 Å². The lowest BCUT2D eigenvalue weighted by atomic mass is 9.79. The molecule has 0 spiro atoms.